The fraction of sp³-hybridized carbons (Fsp3) is 0.300. The van der Waals surface area contributed by atoms with Crippen LogP contribution in [0.3, 0.4) is 0 Å². The number of aryl methyl sites for hydroxylation is 1. The minimum absolute atomic E-state index is 0.103. The molecule has 0 bridgehead atoms. The van der Waals surface area contributed by atoms with E-state index < -0.39 is 0 Å². The Bertz CT molecular complexity index is 952. The van der Waals surface area contributed by atoms with Crippen LogP contribution in [0.25, 0.3) is 10.6 Å². The average Bonchev–Trinajstić information content (AvgIpc) is 3.09. The number of nitrogens with zero attached hydrogens (tertiary/aromatic N) is 5. The predicted molar refractivity (Wildman–Crippen MR) is 107 cm³/mol. The number of aromatic nitrogens is 3. The van der Waals surface area contributed by atoms with Crippen molar-refractivity contribution in [3.8, 4) is 10.6 Å². The minimum Gasteiger partial charge on any atom is -0.339 e. The second kappa shape index (κ2) is 8.02. The van der Waals surface area contributed by atoms with Crippen LogP contribution in [0.5, 0.6) is 0 Å². The van der Waals surface area contributed by atoms with E-state index in [1.54, 1.807) is 30.6 Å². The molecule has 3 heterocycles. The molecule has 3 aromatic rings. The summed E-state index contributed by atoms with van der Waals surface area (Å²) in [5, 5.41) is 0.811. The Morgan fingerprint density at radius 1 is 1.11 bits per heavy atom. The van der Waals surface area contributed by atoms with E-state index in [0.717, 1.165) is 34.2 Å². The normalized spacial score (nSPS) is 14.4. The number of amides is 1. The summed E-state index contributed by atoms with van der Waals surface area (Å²) in [5.41, 5.74) is 1.72. The number of thiazole rings is 1. The van der Waals surface area contributed by atoms with E-state index in [9.17, 15) is 9.18 Å². The molecule has 1 aliphatic heterocycles. The lowest BCUT2D eigenvalue weighted by Gasteiger charge is -2.34. The number of halogens is 1. The largest absolute Gasteiger partial charge is 0.339 e. The molecule has 0 spiro atoms. The van der Waals surface area contributed by atoms with Gasteiger partial charge in [-0.2, -0.15) is 0 Å². The van der Waals surface area contributed by atoms with Crippen molar-refractivity contribution in [2.45, 2.75) is 13.3 Å². The Kier molecular flexibility index (Phi) is 5.29. The lowest BCUT2D eigenvalue weighted by molar-refractivity contribution is -0.130. The molecule has 0 saturated carbocycles. The highest BCUT2D eigenvalue weighted by molar-refractivity contribution is 7.15. The van der Waals surface area contributed by atoms with Gasteiger partial charge in [0.2, 0.25) is 11.9 Å². The van der Waals surface area contributed by atoms with Crippen molar-refractivity contribution in [3.63, 3.8) is 0 Å². The molecule has 0 radical (unpaired) electrons. The van der Waals surface area contributed by atoms with Crippen LogP contribution in [0.2, 0.25) is 0 Å². The Morgan fingerprint density at radius 2 is 1.79 bits per heavy atom. The third-order valence-electron chi connectivity index (χ3n) is 4.76. The van der Waals surface area contributed by atoms with Crippen LogP contribution in [-0.2, 0) is 11.2 Å². The summed E-state index contributed by atoms with van der Waals surface area (Å²) >= 11 is 1.50. The number of benzene rings is 1. The van der Waals surface area contributed by atoms with E-state index in [0.29, 0.717) is 25.5 Å². The number of hydrogen-bond donors (Lipinski definition) is 0. The molecule has 1 aromatic carbocycles. The molecule has 0 unspecified atom stereocenters. The summed E-state index contributed by atoms with van der Waals surface area (Å²) in [7, 11) is 0. The molecule has 4 rings (SSSR count). The molecule has 1 amide bonds. The molecule has 144 valence electrons. The second-order valence-electron chi connectivity index (χ2n) is 6.63. The van der Waals surface area contributed by atoms with Crippen LogP contribution in [0.1, 0.15) is 10.6 Å². The number of piperazine rings is 1. The summed E-state index contributed by atoms with van der Waals surface area (Å²) in [6.45, 7) is 4.66. The average molecular weight is 397 g/mol. The smallest absolute Gasteiger partial charge is 0.228 e. The Hall–Kier alpha value is -2.87. The minimum atomic E-state index is -0.271. The number of carbonyl (C=O) groups excluding carboxylic acids is 1. The molecule has 1 aliphatic rings. The van der Waals surface area contributed by atoms with Crippen LogP contribution < -0.4 is 4.90 Å². The molecule has 6 nitrogen and oxygen atoms in total. The molecule has 8 heteroatoms. The van der Waals surface area contributed by atoms with Gasteiger partial charge in [-0.25, -0.2) is 19.3 Å². The first-order valence-electron chi connectivity index (χ1n) is 9.12. The molecule has 1 fully saturated rings. The van der Waals surface area contributed by atoms with E-state index in [2.05, 4.69) is 19.9 Å². The highest BCUT2D eigenvalue weighted by Crippen LogP contribution is 2.28. The van der Waals surface area contributed by atoms with Crippen LogP contribution in [0.4, 0.5) is 10.3 Å². The van der Waals surface area contributed by atoms with Gasteiger partial charge in [0, 0.05) is 49.0 Å². The van der Waals surface area contributed by atoms with Crippen molar-refractivity contribution in [2.75, 3.05) is 31.1 Å². The third-order valence-corrected chi connectivity index (χ3v) is 5.97. The second-order valence-corrected chi connectivity index (χ2v) is 7.71. The first-order valence-corrected chi connectivity index (χ1v) is 9.94. The number of rotatable bonds is 4. The van der Waals surface area contributed by atoms with E-state index in [1.807, 2.05) is 11.8 Å². The summed E-state index contributed by atoms with van der Waals surface area (Å²) < 4.78 is 13.1. The van der Waals surface area contributed by atoms with Crippen molar-refractivity contribution in [1.82, 2.24) is 19.9 Å². The fourth-order valence-electron chi connectivity index (χ4n) is 3.17. The topological polar surface area (TPSA) is 62.2 Å². The highest BCUT2D eigenvalue weighted by Gasteiger charge is 2.23. The standard InChI is InChI=1S/C20H20FN5OS/c1-14-17(28-19(24-14)15-3-5-16(21)6-4-15)13-18(27)25-9-11-26(12-10-25)20-22-7-2-8-23-20/h2-8H,9-13H2,1H3. The molecule has 0 aliphatic carbocycles. The van der Waals surface area contributed by atoms with Crippen LogP contribution >= 0.6 is 11.3 Å². The third kappa shape index (κ3) is 4.01. The van der Waals surface area contributed by atoms with Gasteiger partial charge in [0.1, 0.15) is 10.8 Å². The van der Waals surface area contributed by atoms with Crippen molar-refractivity contribution in [3.05, 3.63) is 59.1 Å². The van der Waals surface area contributed by atoms with Crippen LogP contribution in [0.15, 0.2) is 42.7 Å². The number of hydrogen-bond acceptors (Lipinski definition) is 6. The lowest BCUT2D eigenvalue weighted by Crippen LogP contribution is -2.49. The first kappa shape index (κ1) is 18.5. The molecule has 0 atom stereocenters. The number of carbonyl (C=O) groups is 1. The maximum atomic E-state index is 13.1. The quantitative estimate of drug-likeness (QED) is 0.677. The van der Waals surface area contributed by atoms with Gasteiger partial charge in [-0.1, -0.05) is 0 Å². The van der Waals surface area contributed by atoms with Gasteiger partial charge >= 0.3 is 0 Å². The van der Waals surface area contributed by atoms with Gasteiger partial charge in [0.25, 0.3) is 0 Å². The molecular formula is C20H20FN5OS. The zero-order chi connectivity index (χ0) is 19.5. The zero-order valence-corrected chi connectivity index (χ0v) is 16.3. The highest BCUT2D eigenvalue weighted by atomic mass is 32.1. The van der Waals surface area contributed by atoms with Gasteiger partial charge in [-0.3, -0.25) is 4.79 Å². The predicted octanol–water partition coefficient (Wildman–Crippen LogP) is 2.94. The summed E-state index contributed by atoms with van der Waals surface area (Å²) in [4.78, 5) is 30.8. The van der Waals surface area contributed by atoms with E-state index in [4.69, 9.17) is 0 Å². The van der Waals surface area contributed by atoms with Crippen molar-refractivity contribution in [2.24, 2.45) is 0 Å². The first-order chi connectivity index (χ1) is 13.6. The van der Waals surface area contributed by atoms with Crippen molar-refractivity contribution in [1.29, 1.82) is 0 Å². The SMILES string of the molecule is Cc1nc(-c2ccc(F)cc2)sc1CC(=O)N1CCN(c2ncccn2)CC1. The number of anilines is 1. The summed E-state index contributed by atoms with van der Waals surface area (Å²) in [6, 6.07) is 8.06. The Balaban J connectivity index is 1.38. The maximum Gasteiger partial charge on any atom is 0.228 e. The van der Waals surface area contributed by atoms with Crippen LogP contribution in [-0.4, -0.2) is 51.9 Å². The van der Waals surface area contributed by atoms with E-state index >= 15 is 0 Å². The van der Waals surface area contributed by atoms with Gasteiger partial charge in [0.15, 0.2) is 0 Å². The van der Waals surface area contributed by atoms with E-state index in [-0.39, 0.29) is 11.7 Å². The lowest BCUT2D eigenvalue weighted by atomic mass is 10.2. The van der Waals surface area contributed by atoms with Gasteiger partial charge < -0.3 is 9.80 Å². The monoisotopic (exact) mass is 397 g/mol. The Morgan fingerprint density at radius 3 is 2.46 bits per heavy atom. The fourth-order valence-corrected chi connectivity index (χ4v) is 4.23. The molecule has 2 aromatic heterocycles. The molecule has 1 saturated heterocycles. The summed E-state index contributed by atoms with van der Waals surface area (Å²) in [6.07, 6.45) is 3.79. The van der Waals surface area contributed by atoms with Crippen molar-refractivity contribution >= 4 is 23.2 Å². The van der Waals surface area contributed by atoms with Gasteiger partial charge in [-0.15, -0.1) is 11.3 Å². The van der Waals surface area contributed by atoms with Crippen molar-refractivity contribution < 1.29 is 9.18 Å². The molecule has 0 N–H and O–H groups in total. The molecular weight excluding hydrogens is 377 g/mol. The van der Waals surface area contributed by atoms with Crippen LogP contribution in [0, 0.1) is 12.7 Å². The van der Waals surface area contributed by atoms with Gasteiger partial charge in [-0.05, 0) is 37.3 Å². The zero-order valence-electron chi connectivity index (χ0n) is 15.5. The Labute approximate surface area is 166 Å². The van der Waals surface area contributed by atoms with Gasteiger partial charge in [0.05, 0.1) is 12.1 Å². The summed E-state index contributed by atoms with van der Waals surface area (Å²) in [5.74, 6) is 0.537. The molecule has 28 heavy (non-hydrogen) atoms. The maximum absolute atomic E-state index is 13.1. The van der Waals surface area contributed by atoms with E-state index in [1.165, 1.54) is 23.5 Å².